The van der Waals surface area contributed by atoms with Gasteiger partial charge in [-0.15, -0.1) is 0 Å². The van der Waals surface area contributed by atoms with E-state index in [1.165, 1.54) is 36.4 Å². The number of rotatable bonds is 13. The molecule has 0 atom stereocenters. The molecule has 2 aromatic rings. The minimum atomic E-state index is -3.78. The van der Waals surface area contributed by atoms with E-state index in [4.69, 9.17) is 18.4 Å². The highest BCUT2D eigenvalue weighted by Gasteiger charge is 2.14. The van der Waals surface area contributed by atoms with Gasteiger partial charge in [-0.25, -0.2) is 0 Å². The second kappa shape index (κ2) is 11.5. The van der Waals surface area contributed by atoms with Crippen LogP contribution in [0.3, 0.4) is 0 Å². The predicted molar refractivity (Wildman–Crippen MR) is 105 cm³/mol. The van der Waals surface area contributed by atoms with Crippen LogP contribution in [-0.4, -0.2) is 53.0 Å². The van der Waals surface area contributed by atoms with Crippen molar-refractivity contribution in [2.24, 2.45) is 0 Å². The number of hydrogen-bond donors (Lipinski definition) is 0. The molecule has 0 aliphatic rings. The molecule has 0 N–H and O–H groups in total. The summed E-state index contributed by atoms with van der Waals surface area (Å²) in [5.41, 5.74) is 0.965. The molecular weight excluding hydrogens is 402 g/mol. The molecule has 0 bridgehead atoms. The van der Waals surface area contributed by atoms with Gasteiger partial charge in [0.25, 0.3) is 15.8 Å². The van der Waals surface area contributed by atoms with Crippen molar-refractivity contribution in [3.63, 3.8) is 0 Å². The number of nitrogens with zero attached hydrogens (tertiary/aromatic N) is 1. The minimum Gasteiger partial charge on any atom is -0.491 e. The normalized spacial score (nSPS) is 11.3. The number of hydrogen-bond acceptors (Lipinski definition) is 8. The monoisotopic (exact) mass is 425 g/mol. The van der Waals surface area contributed by atoms with Crippen LogP contribution in [0.1, 0.15) is 5.56 Å². The van der Waals surface area contributed by atoms with E-state index in [1.54, 1.807) is 12.1 Å². The number of non-ortho nitro benzene ring substituents is 1. The van der Waals surface area contributed by atoms with E-state index in [0.29, 0.717) is 19.0 Å². The zero-order valence-corrected chi connectivity index (χ0v) is 16.8. The first kappa shape index (κ1) is 22.8. The van der Waals surface area contributed by atoms with Gasteiger partial charge in [0.1, 0.15) is 12.4 Å². The van der Waals surface area contributed by atoms with Gasteiger partial charge in [0, 0.05) is 12.1 Å². The smallest absolute Gasteiger partial charge is 0.297 e. The quantitative estimate of drug-likeness (QED) is 0.208. The molecule has 0 heterocycles. The van der Waals surface area contributed by atoms with Crippen LogP contribution in [0, 0.1) is 17.0 Å². The highest BCUT2D eigenvalue weighted by molar-refractivity contribution is 7.86. The van der Waals surface area contributed by atoms with Gasteiger partial charge in [0.15, 0.2) is 0 Å². The Balaban J connectivity index is 1.50. The Labute approximate surface area is 169 Å². The van der Waals surface area contributed by atoms with Crippen LogP contribution < -0.4 is 4.74 Å². The maximum absolute atomic E-state index is 12.0. The number of benzene rings is 2. The zero-order valence-electron chi connectivity index (χ0n) is 16.0. The Bertz CT molecular complexity index is 866. The van der Waals surface area contributed by atoms with Gasteiger partial charge in [-0.2, -0.15) is 8.42 Å². The molecule has 158 valence electrons. The summed E-state index contributed by atoms with van der Waals surface area (Å²) < 4.78 is 44.8. The number of ether oxygens (including phenoxy) is 3. The highest BCUT2D eigenvalue weighted by atomic mass is 32.2. The first-order valence-electron chi connectivity index (χ1n) is 8.87. The molecule has 0 amide bonds. The van der Waals surface area contributed by atoms with Gasteiger partial charge in [-0.05, 0) is 31.2 Å². The molecule has 29 heavy (non-hydrogen) atoms. The van der Waals surface area contributed by atoms with Crippen LogP contribution in [0.5, 0.6) is 5.75 Å². The summed E-state index contributed by atoms with van der Waals surface area (Å²) in [7, 11) is -3.78. The van der Waals surface area contributed by atoms with E-state index >= 15 is 0 Å². The molecule has 0 unspecified atom stereocenters. The van der Waals surface area contributed by atoms with Gasteiger partial charge in [-0.3, -0.25) is 14.3 Å². The lowest BCUT2D eigenvalue weighted by molar-refractivity contribution is -0.384. The van der Waals surface area contributed by atoms with Crippen molar-refractivity contribution in [2.75, 3.05) is 39.6 Å². The molecule has 0 saturated carbocycles. The third-order valence-corrected chi connectivity index (χ3v) is 5.02. The van der Waals surface area contributed by atoms with Crippen LogP contribution in [0.25, 0.3) is 0 Å². The van der Waals surface area contributed by atoms with E-state index in [9.17, 15) is 18.5 Å². The van der Waals surface area contributed by atoms with Crippen molar-refractivity contribution < 1.29 is 31.7 Å². The first-order valence-corrected chi connectivity index (χ1v) is 10.3. The van der Waals surface area contributed by atoms with Crippen LogP contribution in [0.2, 0.25) is 0 Å². The average molecular weight is 425 g/mol. The molecule has 2 rings (SSSR count). The highest BCUT2D eigenvalue weighted by Crippen LogP contribution is 2.17. The Hall–Kier alpha value is -2.53. The lowest BCUT2D eigenvalue weighted by Crippen LogP contribution is -2.14. The molecular formula is C19H23NO8S. The van der Waals surface area contributed by atoms with Crippen LogP contribution in [0.15, 0.2) is 53.4 Å². The van der Waals surface area contributed by atoms with Gasteiger partial charge < -0.3 is 14.2 Å². The van der Waals surface area contributed by atoms with E-state index in [-0.39, 0.29) is 37.0 Å². The second-order valence-corrected chi connectivity index (χ2v) is 7.53. The molecule has 0 saturated heterocycles. The lowest BCUT2D eigenvalue weighted by atomic mass is 10.2. The van der Waals surface area contributed by atoms with E-state index < -0.39 is 15.0 Å². The summed E-state index contributed by atoms with van der Waals surface area (Å²) in [5.74, 6) is 0.516. The zero-order chi connectivity index (χ0) is 21.1. The molecule has 0 fully saturated rings. The fourth-order valence-electron chi connectivity index (χ4n) is 2.18. The van der Waals surface area contributed by atoms with Crippen LogP contribution in [0.4, 0.5) is 5.69 Å². The molecule has 10 heteroatoms. The van der Waals surface area contributed by atoms with Crippen molar-refractivity contribution in [2.45, 2.75) is 11.8 Å². The van der Waals surface area contributed by atoms with Crippen molar-refractivity contribution >= 4 is 15.8 Å². The molecule has 2 aromatic carbocycles. The van der Waals surface area contributed by atoms with Gasteiger partial charge in [0.05, 0.1) is 42.9 Å². The van der Waals surface area contributed by atoms with E-state index in [1.807, 2.05) is 6.92 Å². The van der Waals surface area contributed by atoms with E-state index in [0.717, 1.165) is 5.56 Å². The summed E-state index contributed by atoms with van der Waals surface area (Å²) in [6, 6.07) is 12.2. The maximum atomic E-state index is 12.0. The molecule has 0 aliphatic carbocycles. The average Bonchev–Trinajstić information content (AvgIpc) is 2.70. The second-order valence-electron chi connectivity index (χ2n) is 5.91. The molecule has 0 aliphatic heterocycles. The molecule has 9 nitrogen and oxygen atoms in total. The molecule has 0 radical (unpaired) electrons. The topological polar surface area (TPSA) is 114 Å². The summed E-state index contributed by atoms with van der Waals surface area (Å²) in [5, 5.41) is 10.6. The fourth-order valence-corrected chi connectivity index (χ4v) is 3.07. The van der Waals surface area contributed by atoms with Crippen LogP contribution in [-0.2, 0) is 23.8 Å². The fraction of sp³-hybridized carbons (Fsp3) is 0.368. The van der Waals surface area contributed by atoms with Crippen molar-refractivity contribution in [1.29, 1.82) is 0 Å². The lowest BCUT2D eigenvalue weighted by Gasteiger charge is -2.08. The molecule has 0 aromatic heterocycles. The molecule has 0 spiro atoms. The Morgan fingerprint density at radius 2 is 1.38 bits per heavy atom. The third kappa shape index (κ3) is 8.16. The summed E-state index contributed by atoms with van der Waals surface area (Å²) >= 11 is 0. The summed E-state index contributed by atoms with van der Waals surface area (Å²) in [4.78, 5) is 10.2. The predicted octanol–water partition coefficient (Wildman–Crippen LogP) is 2.72. The van der Waals surface area contributed by atoms with Crippen LogP contribution >= 0.6 is 0 Å². The van der Waals surface area contributed by atoms with Crippen molar-refractivity contribution in [1.82, 2.24) is 0 Å². The van der Waals surface area contributed by atoms with Gasteiger partial charge in [-0.1, -0.05) is 17.7 Å². The Morgan fingerprint density at radius 3 is 1.97 bits per heavy atom. The van der Waals surface area contributed by atoms with Crippen molar-refractivity contribution in [3.8, 4) is 5.75 Å². The third-order valence-electron chi connectivity index (χ3n) is 3.69. The van der Waals surface area contributed by atoms with Crippen molar-refractivity contribution in [3.05, 3.63) is 64.2 Å². The Morgan fingerprint density at radius 1 is 0.828 bits per heavy atom. The standard InChI is InChI=1S/C19H23NO8S/c1-16-2-8-19(9-3-16)29(23,24)28-15-13-26-11-10-25-12-14-27-18-6-4-17(5-7-18)20(21)22/h2-9H,10-15H2,1H3. The minimum absolute atomic E-state index is 0.00129. The number of aryl methyl sites for hydroxylation is 1. The maximum Gasteiger partial charge on any atom is 0.297 e. The number of nitro benzene ring substituents is 1. The van der Waals surface area contributed by atoms with Gasteiger partial charge >= 0.3 is 0 Å². The summed E-state index contributed by atoms with van der Waals surface area (Å²) in [6.07, 6.45) is 0. The largest absolute Gasteiger partial charge is 0.491 e. The van der Waals surface area contributed by atoms with Gasteiger partial charge in [0.2, 0.25) is 0 Å². The van der Waals surface area contributed by atoms with E-state index in [2.05, 4.69) is 0 Å². The summed E-state index contributed by atoms with van der Waals surface area (Å²) in [6.45, 7) is 3.11. The first-order chi connectivity index (χ1) is 13.9. The SMILES string of the molecule is Cc1ccc(S(=O)(=O)OCCOCCOCCOc2ccc([N+](=O)[O-])cc2)cc1. The number of nitro groups is 1. The Kier molecular flexibility index (Phi) is 9.00.